The van der Waals surface area contributed by atoms with Crippen molar-refractivity contribution < 1.29 is 30.6 Å². The van der Waals surface area contributed by atoms with Gasteiger partial charge in [0.25, 0.3) is 0 Å². The lowest BCUT2D eigenvalue weighted by molar-refractivity contribution is -0.0500. The van der Waals surface area contributed by atoms with Crippen molar-refractivity contribution in [1.82, 2.24) is 0 Å². The highest BCUT2D eigenvalue weighted by Gasteiger charge is 2.49. The SMILES string of the molecule is CC1Cc2cccc(OS(=O)(=O)C(F)(F)F)c2C1=O. The second-order valence-electron chi connectivity index (χ2n) is 4.24. The van der Waals surface area contributed by atoms with E-state index in [0.29, 0.717) is 12.0 Å². The number of Topliss-reactive ketones (excluding diaryl/α,β-unsaturated/α-hetero) is 1. The lowest BCUT2D eigenvalue weighted by Gasteiger charge is -2.11. The molecule has 0 fully saturated rings. The Kier molecular flexibility index (Phi) is 3.08. The van der Waals surface area contributed by atoms with Gasteiger partial charge in [0.15, 0.2) is 11.5 Å². The van der Waals surface area contributed by atoms with Gasteiger partial charge in [-0.25, -0.2) is 0 Å². The van der Waals surface area contributed by atoms with Gasteiger partial charge in [0.05, 0.1) is 5.56 Å². The molecule has 0 N–H and O–H groups in total. The van der Waals surface area contributed by atoms with Crippen LogP contribution >= 0.6 is 0 Å². The number of rotatable bonds is 2. The number of halogens is 3. The van der Waals surface area contributed by atoms with Crippen molar-refractivity contribution in [1.29, 1.82) is 0 Å². The van der Waals surface area contributed by atoms with E-state index in [2.05, 4.69) is 4.18 Å². The molecule has 1 aromatic carbocycles. The Morgan fingerprint density at radius 1 is 1.32 bits per heavy atom. The molecule has 0 amide bonds. The van der Waals surface area contributed by atoms with Crippen LogP contribution in [0.25, 0.3) is 0 Å². The minimum atomic E-state index is -5.77. The van der Waals surface area contributed by atoms with Crippen molar-refractivity contribution in [2.24, 2.45) is 5.92 Å². The molecule has 0 radical (unpaired) electrons. The van der Waals surface area contributed by atoms with E-state index in [0.717, 1.165) is 6.07 Å². The predicted molar refractivity (Wildman–Crippen MR) is 59.2 cm³/mol. The van der Waals surface area contributed by atoms with E-state index in [-0.39, 0.29) is 5.56 Å². The molecule has 4 nitrogen and oxygen atoms in total. The van der Waals surface area contributed by atoms with E-state index < -0.39 is 33.1 Å². The second kappa shape index (κ2) is 4.22. The average molecular weight is 294 g/mol. The Hall–Kier alpha value is -1.57. The molecule has 0 aliphatic heterocycles. The molecular formula is C11H9F3O4S. The van der Waals surface area contributed by atoms with Crippen LogP contribution in [0, 0.1) is 5.92 Å². The fourth-order valence-electron chi connectivity index (χ4n) is 1.93. The van der Waals surface area contributed by atoms with Crippen molar-refractivity contribution in [2.75, 3.05) is 0 Å². The molecule has 0 bridgehead atoms. The van der Waals surface area contributed by atoms with Crippen LogP contribution < -0.4 is 4.18 Å². The largest absolute Gasteiger partial charge is 0.534 e. The molecule has 1 unspecified atom stereocenters. The van der Waals surface area contributed by atoms with Crippen LogP contribution in [0.1, 0.15) is 22.8 Å². The van der Waals surface area contributed by atoms with E-state index in [1.165, 1.54) is 6.07 Å². The first kappa shape index (κ1) is 13.9. The number of carbonyl (C=O) groups is 1. The number of carbonyl (C=O) groups excluding carboxylic acids is 1. The number of ketones is 1. The van der Waals surface area contributed by atoms with Crippen LogP contribution in [0.3, 0.4) is 0 Å². The fourth-order valence-corrected chi connectivity index (χ4v) is 2.40. The normalized spacial score (nSPS) is 19.4. The highest BCUT2D eigenvalue weighted by atomic mass is 32.2. The van der Waals surface area contributed by atoms with Crippen LogP contribution in [-0.2, 0) is 16.5 Å². The zero-order valence-corrected chi connectivity index (χ0v) is 10.5. The van der Waals surface area contributed by atoms with Gasteiger partial charge in [-0.2, -0.15) is 21.6 Å². The van der Waals surface area contributed by atoms with Crippen molar-refractivity contribution in [3.63, 3.8) is 0 Å². The van der Waals surface area contributed by atoms with E-state index >= 15 is 0 Å². The highest BCUT2D eigenvalue weighted by Crippen LogP contribution is 2.36. The van der Waals surface area contributed by atoms with E-state index in [4.69, 9.17) is 0 Å². The van der Waals surface area contributed by atoms with Gasteiger partial charge in [-0.15, -0.1) is 0 Å². The first-order chi connectivity index (χ1) is 8.63. The van der Waals surface area contributed by atoms with E-state index in [1.54, 1.807) is 13.0 Å². The summed E-state index contributed by atoms with van der Waals surface area (Å²) < 4.78 is 62.7. The summed E-state index contributed by atoms with van der Waals surface area (Å²) >= 11 is 0. The minimum Gasteiger partial charge on any atom is -0.375 e. The molecule has 0 aromatic heterocycles. The summed E-state index contributed by atoms with van der Waals surface area (Å²) in [5, 5.41) is 0. The van der Waals surface area contributed by atoms with Crippen molar-refractivity contribution in [2.45, 2.75) is 18.9 Å². The molecule has 0 saturated carbocycles. The Balaban J connectivity index is 2.46. The van der Waals surface area contributed by atoms with Gasteiger partial charge in [0.1, 0.15) is 0 Å². The summed E-state index contributed by atoms with van der Waals surface area (Å²) in [6.07, 6.45) is 0.359. The summed E-state index contributed by atoms with van der Waals surface area (Å²) in [7, 11) is -5.77. The standard InChI is InChI=1S/C11H9F3O4S/c1-6-5-7-3-2-4-8(9(7)10(6)15)18-19(16,17)11(12,13)14/h2-4,6H,5H2,1H3. The van der Waals surface area contributed by atoms with Gasteiger partial charge in [-0.3, -0.25) is 4.79 Å². The summed E-state index contributed by atoms with van der Waals surface area (Å²) in [5.74, 6) is -1.37. The fraction of sp³-hybridized carbons (Fsp3) is 0.364. The Morgan fingerprint density at radius 2 is 1.95 bits per heavy atom. The summed E-state index contributed by atoms with van der Waals surface area (Å²) in [6, 6.07) is 3.95. The number of fused-ring (bicyclic) bond motifs is 1. The quantitative estimate of drug-likeness (QED) is 0.620. The Bertz CT molecular complexity index is 634. The van der Waals surface area contributed by atoms with Crippen LogP contribution in [0.5, 0.6) is 5.75 Å². The Morgan fingerprint density at radius 3 is 2.53 bits per heavy atom. The van der Waals surface area contributed by atoms with Gasteiger partial charge >= 0.3 is 15.6 Å². The number of hydrogen-bond acceptors (Lipinski definition) is 4. The molecule has 0 heterocycles. The van der Waals surface area contributed by atoms with Gasteiger partial charge in [0, 0.05) is 5.92 Å². The average Bonchev–Trinajstić information content (AvgIpc) is 2.54. The van der Waals surface area contributed by atoms with E-state index in [9.17, 15) is 26.4 Å². The zero-order valence-electron chi connectivity index (χ0n) is 9.69. The molecule has 0 spiro atoms. The topological polar surface area (TPSA) is 60.4 Å². The molecule has 8 heteroatoms. The first-order valence-corrected chi connectivity index (χ1v) is 6.71. The predicted octanol–water partition coefficient (Wildman–Crippen LogP) is 2.29. The third-order valence-corrected chi connectivity index (χ3v) is 3.78. The maximum absolute atomic E-state index is 12.2. The number of benzene rings is 1. The highest BCUT2D eigenvalue weighted by molar-refractivity contribution is 7.88. The smallest absolute Gasteiger partial charge is 0.375 e. The number of hydrogen-bond donors (Lipinski definition) is 0. The summed E-state index contributed by atoms with van der Waals surface area (Å²) in [6.45, 7) is 1.62. The molecule has 104 valence electrons. The molecule has 1 aliphatic rings. The third kappa shape index (κ3) is 2.32. The minimum absolute atomic E-state index is 0.0807. The maximum atomic E-state index is 12.2. The summed E-state index contributed by atoms with van der Waals surface area (Å²) in [4.78, 5) is 11.8. The van der Waals surface area contributed by atoms with Crippen LogP contribution in [-0.4, -0.2) is 19.7 Å². The molecule has 1 aliphatic carbocycles. The molecule has 0 saturated heterocycles. The van der Waals surface area contributed by atoms with Gasteiger partial charge in [-0.1, -0.05) is 19.1 Å². The number of alkyl halides is 3. The molecule has 1 aromatic rings. The zero-order chi connectivity index (χ0) is 14.4. The van der Waals surface area contributed by atoms with Gasteiger partial charge < -0.3 is 4.18 Å². The molecule has 2 rings (SSSR count). The van der Waals surface area contributed by atoms with Crippen molar-refractivity contribution >= 4 is 15.9 Å². The lowest BCUT2D eigenvalue weighted by atomic mass is 10.1. The lowest BCUT2D eigenvalue weighted by Crippen LogP contribution is -2.28. The van der Waals surface area contributed by atoms with E-state index in [1.807, 2.05) is 0 Å². The summed E-state index contributed by atoms with van der Waals surface area (Å²) in [5.41, 5.74) is -5.11. The van der Waals surface area contributed by atoms with Crippen LogP contribution in [0.2, 0.25) is 0 Å². The van der Waals surface area contributed by atoms with Crippen molar-refractivity contribution in [3.8, 4) is 5.75 Å². The molecule has 19 heavy (non-hydrogen) atoms. The first-order valence-electron chi connectivity index (χ1n) is 5.30. The van der Waals surface area contributed by atoms with Crippen LogP contribution in [0.4, 0.5) is 13.2 Å². The molecule has 1 atom stereocenters. The van der Waals surface area contributed by atoms with Crippen molar-refractivity contribution in [3.05, 3.63) is 29.3 Å². The van der Waals surface area contributed by atoms with Gasteiger partial charge in [0.2, 0.25) is 0 Å². The van der Waals surface area contributed by atoms with Gasteiger partial charge in [-0.05, 0) is 18.1 Å². The Labute approximate surface area is 107 Å². The second-order valence-corrected chi connectivity index (χ2v) is 5.78. The maximum Gasteiger partial charge on any atom is 0.534 e. The molecular weight excluding hydrogens is 285 g/mol. The third-order valence-electron chi connectivity index (χ3n) is 2.82. The van der Waals surface area contributed by atoms with Crippen LogP contribution in [0.15, 0.2) is 18.2 Å². The monoisotopic (exact) mass is 294 g/mol.